The minimum Gasteiger partial charge on any atom is -0.396 e. The van der Waals surface area contributed by atoms with Crippen LogP contribution in [0.1, 0.15) is 56.4 Å². The predicted molar refractivity (Wildman–Crippen MR) is 130 cm³/mol. The van der Waals surface area contributed by atoms with Crippen molar-refractivity contribution in [2.24, 2.45) is 17.8 Å². The Hall–Kier alpha value is -2.89. The van der Waals surface area contributed by atoms with Crippen molar-refractivity contribution in [1.29, 1.82) is 5.26 Å². The first-order valence-electron chi connectivity index (χ1n) is 12.2. The number of carbonyl (C=O) groups excluding carboxylic acids is 2. The monoisotopic (exact) mass is 468 g/mol. The fraction of sp³-hybridized carbons (Fsp3) is 0.577. The first-order valence-corrected chi connectivity index (χ1v) is 12.2. The molecule has 0 bridgehead atoms. The van der Waals surface area contributed by atoms with Crippen LogP contribution in [0.15, 0.2) is 30.3 Å². The first-order chi connectivity index (χ1) is 16.4. The summed E-state index contributed by atoms with van der Waals surface area (Å²) in [6.07, 6.45) is 3.77. The van der Waals surface area contributed by atoms with Crippen LogP contribution in [-0.2, 0) is 11.3 Å². The van der Waals surface area contributed by atoms with E-state index in [1.165, 1.54) is 0 Å². The van der Waals surface area contributed by atoms with Crippen molar-refractivity contribution in [3.05, 3.63) is 36.0 Å². The van der Waals surface area contributed by atoms with Crippen LogP contribution in [0.25, 0.3) is 10.9 Å². The van der Waals surface area contributed by atoms with Gasteiger partial charge in [0.25, 0.3) is 5.91 Å². The summed E-state index contributed by atoms with van der Waals surface area (Å²) in [6, 6.07) is 10.7. The molecule has 0 radical (unpaired) electrons. The Bertz CT molecular complexity index is 1020. The molecule has 1 aliphatic carbocycles. The molecule has 3 unspecified atom stereocenters. The zero-order valence-electron chi connectivity index (χ0n) is 20.0. The summed E-state index contributed by atoms with van der Waals surface area (Å²) < 4.78 is 1.83. The van der Waals surface area contributed by atoms with Gasteiger partial charge in [0.05, 0.1) is 12.0 Å². The van der Waals surface area contributed by atoms with Crippen LogP contribution in [0.2, 0.25) is 0 Å². The standard InChI is InChI=1S/C26H36N4O4/c1-17(2)11-20(13-27)28-25(33)21-8-4-5-9-22(21)29-26(34)24-12-19-7-3-6-10-23(19)30(24)14-18(15-31)16-32/h3,6-7,10,12,17-18,20-22,31-32H,4-5,8-9,11,14-16H2,1-2H3,(H,28,33)(H,29,34). The normalized spacial score (nSPS) is 19.2. The average Bonchev–Trinajstić information content (AvgIpc) is 3.20. The van der Waals surface area contributed by atoms with Gasteiger partial charge in [-0.15, -0.1) is 0 Å². The van der Waals surface area contributed by atoms with Crippen molar-refractivity contribution in [2.75, 3.05) is 13.2 Å². The second-order valence-electron chi connectivity index (χ2n) is 9.72. The van der Waals surface area contributed by atoms with Crippen molar-refractivity contribution < 1.29 is 19.8 Å². The maximum Gasteiger partial charge on any atom is 0.268 e. The van der Waals surface area contributed by atoms with Gasteiger partial charge in [-0.05, 0) is 37.3 Å². The summed E-state index contributed by atoms with van der Waals surface area (Å²) >= 11 is 0. The SMILES string of the molecule is CC(C)CC(C#N)NC(=O)C1CCCCC1NC(=O)c1cc2ccccc2n1CC(CO)CO. The van der Waals surface area contributed by atoms with Crippen LogP contribution in [0.4, 0.5) is 0 Å². The Morgan fingerprint density at radius 1 is 1.18 bits per heavy atom. The first kappa shape index (κ1) is 25.7. The van der Waals surface area contributed by atoms with E-state index in [0.717, 1.165) is 23.7 Å². The smallest absolute Gasteiger partial charge is 0.268 e. The molecule has 1 heterocycles. The van der Waals surface area contributed by atoms with Gasteiger partial charge in [0.15, 0.2) is 0 Å². The van der Waals surface area contributed by atoms with E-state index in [9.17, 15) is 25.1 Å². The highest BCUT2D eigenvalue weighted by Crippen LogP contribution is 2.27. The quantitative estimate of drug-likeness (QED) is 0.426. The molecule has 34 heavy (non-hydrogen) atoms. The third kappa shape index (κ3) is 6.16. The molecule has 2 aromatic rings. The molecule has 1 aromatic heterocycles. The molecule has 1 aromatic carbocycles. The number of benzene rings is 1. The third-order valence-electron chi connectivity index (χ3n) is 6.60. The van der Waals surface area contributed by atoms with Crippen molar-refractivity contribution in [2.45, 2.75) is 64.6 Å². The van der Waals surface area contributed by atoms with Gasteiger partial charge in [0.1, 0.15) is 11.7 Å². The van der Waals surface area contributed by atoms with E-state index in [4.69, 9.17) is 0 Å². The molecule has 1 fully saturated rings. The molecule has 0 saturated heterocycles. The number of fused-ring (bicyclic) bond motifs is 1. The molecule has 2 amide bonds. The van der Waals surface area contributed by atoms with Crippen molar-refractivity contribution in [3.63, 3.8) is 0 Å². The molecular formula is C26H36N4O4. The number of aliphatic hydroxyl groups excluding tert-OH is 2. The topological polar surface area (TPSA) is 127 Å². The second kappa shape index (κ2) is 12.0. The van der Waals surface area contributed by atoms with E-state index in [1.807, 2.05) is 48.7 Å². The van der Waals surface area contributed by atoms with Gasteiger partial charge in [-0.3, -0.25) is 9.59 Å². The summed E-state index contributed by atoms with van der Waals surface area (Å²) in [6.45, 7) is 3.95. The van der Waals surface area contributed by atoms with E-state index in [-0.39, 0.29) is 48.8 Å². The molecular weight excluding hydrogens is 432 g/mol. The highest BCUT2D eigenvalue weighted by Gasteiger charge is 2.34. The number of nitrogens with zero attached hydrogens (tertiary/aromatic N) is 2. The Balaban J connectivity index is 1.80. The maximum absolute atomic E-state index is 13.4. The van der Waals surface area contributed by atoms with Crippen LogP contribution in [0.5, 0.6) is 0 Å². The van der Waals surface area contributed by atoms with Gasteiger partial charge in [0.2, 0.25) is 5.91 Å². The highest BCUT2D eigenvalue weighted by atomic mass is 16.3. The summed E-state index contributed by atoms with van der Waals surface area (Å²) in [4.78, 5) is 26.4. The number of carbonyl (C=O) groups is 2. The number of amides is 2. The maximum atomic E-state index is 13.4. The summed E-state index contributed by atoms with van der Waals surface area (Å²) in [7, 11) is 0. The minimum absolute atomic E-state index is 0.182. The summed E-state index contributed by atoms with van der Waals surface area (Å²) in [5.41, 5.74) is 1.29. The van der Waals surface area contributed by atoms with E-state index in [2.05, 4.69) is 16.7 Å². The van der Waals surface area contributed by atoms with Crippen LogP contribution in [0.3, 0.4) is 0 Å². The molecule has 8 nitrogen and oxygen atoms in total. The zero-order chi connectivity index (χ0) is 24.7. The number of aromatic nitrogens is 1. The van der Waals surface area contributed by atoms with Crippen LogP contribution < -0.4 is 10.6 Å². The molecule has 0 aliphatic heterocycles. The highest BCUT2D eigenvalue weighted by molar-refractivity contribution is 5.99. The molecule has 1 aliphatic rings. The molecule has 1 saturated carbocycles. The number of nitriles is 1. The summed E-state index contributed by atoms with van der Waals surface area (Å²) in [5, 5.41) is 35.4. The number of hydrogen-bond acceptors (Lipinski definition) is 5. The Labute approximate surface area is 200 Å². The average molecular weight is 469 g/mol. The molecule has 8 heteroatoms. The molecule has 184 valence electrons. The predicted octanol–water partition coefficient (Wildman–Crippen LogP) is 2.59. The lowest BCUT2D eigenvalue weighted by molar-refractivity contribution is -0.127. The number of nitrogens with one attached hydrogen (secondary N) is 2. The molecule has 4 N–H and O–H groups in total. The molecule has 0 spiro atoms. The number of aliphatic hydroxyl groups is 2. The van der Waals surface area contributed by atoms with Crippen LogP contribution in [-0.4, -0.2) is 51.9 Å². The third-order valence-corrected chi connectivity index (χ3v) is 6.60. The van der Waals surface area contributed by atoms with Gasteiger partial charge >= 0.3 is 0 Å². The molecule has 3 atom stereocenters. The van der Waals surface area contributed by atoms with Gasteiger partial charge in [-0.25, -0.2) is 0 Å². The Morgan fingerprint density at radius 2 is 1.88 bits per heavy atom. The van der Waals surface area contributed by atoms with Gasteiger partial charge in [0, 0.05) is 42.6 Å². The summed E-state index contributed by atoms with van der Waals surface area (Å²) in [5.74, 6) is -0.955. The molecule has 3 rings (SSSR count). The number of rotatable bonds is 10. The van der Waals surface area contributed by atoms with E-state index in [1.54, 1.807) is 0 Å². The van der Waals surface area contributed by atoms with Gasteiger partial charge in [-0.2, -0.15) is 5.26 Å². The van der Waals surface area contributed by atoms with E-state index in [0.29, 0.717) is 31.5 Å². The lowest BCUT2D eigenvalue weighted by Gasteiger charge is -2.32. The largest absolute Gasteiger partial charge is 0.396 e. The van der Waals surface area contributed by atoms with Crippen molar-refractivity contribution >= 4 is 22.7 Å². The van der Waals surface area contributed by atoms with Crippen LogP contribution >= 0.6 is 0 Å². The minimum atomic E-state index is -0.540. The lowest BCUT2D eigenvalue weighted by atomic mass is 9.83. The van der Waals surface area contributed by atoms with Crippen molar-refractivity contribution in [1.82, 2.24) is 15.2 Å². The lowest BCUT2D eigenvalue weighted by Crippen LogP contribution is -2.50. The van der Waals surface area contributed by atoms with Gasteiger partial charge < -0.3 is 25.4 Å². The van der Waals surface area contributed by atoms with Crippen molar-refractivity contribution in [3.8, 4) is 6.07 Å². The van der Waals surface area contributed by atoms with Gasteiger partial charge in [-0.1, -0.05) is 44.9 Å². The zero-order valence-corrected chi connectivity index (χ0v) is 20.0. The van der Waals surface area contributed by atoms with E-state index >= 15 is 0 Å². The van der Waals surface area contributed by atoms with Crippen LogP contribution in [0, 0.1) is 29.1 Å². The Morgan fingerprint density at radius 3 is 2.56 bits per heavy atom. The second-order valence-corrected chi connectivity index (χ2v) is 9.72. The Kier molecular flexibility index (Phi) is 9.08. The fourth-order valence-corrected chi connectivity index (χ4v) is 4.78. The fourth-order valence-electron chi connectivity index (χ4n) is 4.78. The number of hydrogen-bond donors (Lipinski definition) is 4. The van der Waals surface area contributed by atoms with E-state index < -0.39 is 6.04 Å². The number of para-hydroxylation sites is 1.